The van der Waals surface area contributed by atoms with Gasteiger partial charge in [-0.25, -0.2) is 14.5 Å². The summed E-state index contributed by atoms with van der Waals surface area (Å²) in [6.07, 6.45) is 3.10. The normalized spacial score (nSPS) is 11.9. The lowest BCUT2D eigenvalue weighted by atomic mass is 10.1. The maximum absolute atomic E-state index is 11.5. The van der Waals surface area contributed by atoms with Crippen molar-refractivity contribution in [3.05, 3.63) is 42.5 Å². The molecule has 1 aromatic heterocycles. The molecule has 0 saturated heterocycles. The Labute approximate surface area is 116 Å². The van der Waals surface area contributed by atoms with Crippen LogP contribution in [-0.4, -0.2) is 39.1 Å². The Balaban J connectivity index is 1.97. The molecule has 1 heterocycles. The van der Waals surface area contributed by atoms with Crippen molar-refractivity contribution in [2.24, 2.45) is 0 Å². The minimum Gasteiger partial charge on any atom is -0.395 e. The first-order valence-electron chi connectivity index (χ1n) is 6.31. The Bertz CT molecular complexity index is 538. The van der Waals surface area contributed by atoms with E-state index in [-0.39, 0.29) is 25.2 Å². The number of aromatic nitrogens is 3. The summed E-state index contributed by atoms with van der Waals surface area (Å²) in [5, 5.41) is 18.0. The zero-order valence-corrected chi connectivity index (χ0v) is 11.2. The van der Waals surface area contributed by atoms with E-state index in [1.807, 2.05) is 31.2 Å². The molecule has 3 N–H and O–H groups in total. The van der Waals surface area contributed by atoms with Crippen molar-refractivity contribution in [3.63, 3.8) is 0 Å². The van der Waals surface area contributed by atoms with Gasteiger partial charge in [0.25, 0.3) is 0 Å². The summed E-state index contributed by atoms with van der Waals surface area (Å²) < 4.78 is 1.66. The van der Waals surface area contributed by atoms with E-state index in [1.54, 1.807) is 11.0 Å². The average molecular weight is 275 g/mol. The molecule has 0 aliphatic heterocycles. The van der Waals surface area contributed by atoms with Gasteiger partial charge < -0.3 is 15.7 Å². The second-order valence-corrected chi connectivity index (χ2v) is 4.28. The highest BCUT2D eigenvalue weighted by molar-refractivity contribution is 5.74. The van der Waals surface area contributed by atoms with Gasteiger partial charge in [0.15, 0.2) is 0 Å². The van der Waals surface area contributed by atoms with Crippen molar-refractivity contribution in [2.75, 3.05) is 13.2 Å². The number of hydrogen-bond acceptors (Lipinski definition) is 4. The standard InChI is InChI=1S/C13H17N5O2/c1-10(17-13(20)15-6-7-19)11-2-4-12(5-3-11)18-9-14-8-16-18/h2-5,8-10,19H,6-7H2,1H3,(H2,15,17,20). The molecule has 0 bridgehead atoms. The molecule has 0 aliphatic carbocycles. The molecule has 1 atom stereocenters. The molecule has 2 amide bonds. The highest BCUT2D eigenvalue weighted by Gasteiger charge is 2.09. The Morgan fingerprint density at radius 2 is 2.15 bits per heavy atom. The summed E-state index contributed by atoms with van der Waals surface area (Å²) in [4.78, 5) is 15.4. The van der Waals surface area contributed by atoms with E-state index in [9.17, 15) is 4.79 Å². The van der Waals surface area contributed by atoms with Crippen LogP contribution >= 0.6 is 0 Å². The molecule has 0 aliphatic rings. The Morgan fingerprint density at radius 1 is 1.40 bits per heavy atom. The third kappa shape index (κ3) is 3.55. The first-order chi connectivity index (χ1) is 9.70. The summed E-state index contributed by atoms with van der Waals surface area (Å²) in [7, 11) is 0. The Hall–Kier alpha value is -2.41. The number of carbonyl (C=O) groups is 1. The van der Waals surface area contributed by atoms with Gasteiger partial charge in [-0.1, -0.05) is 12.1 Å². The van der Waals surface area contributed by atoms with Crippen LogP contribution in [0.4, 0.5) is 4.79 Å². The fraction of sp³-hybridized carbons (Fsp3) is 0.308. The first kappa shape index (κ1) is 14.0. The van der Waals surface area contributed by atoms with E-state index in [0.29, 0.717) is 0 Å². The number of benzene rings is 1. The number of rotatable bonds is 5. The van der Waals surface area contributed by atoms with Crippen LogP contribution in [0.5, 0.6) is 0 Å². The maximum Gasteiger partial charge on any atom is 0.315 e. The van der Waals surface area contributed by atoms with Crippen molar-refractivity contribution < 1.29 is 9.90 Å². The van der Waals surface area contributed by atoms with Crippen molar-refractivity contribution >= 4 is 6.03 Å². The van der Waals surface area contributed by atoms with E-state index >= 15 is 0 Å². The van der Waals surface area contributed by atoms with Crippen LogP contribution in [0.3, 0.4) is 0 Å². The zero-order chi connectivity index (χ0) is 14.4. The summed E-state index contributed by atoms with van der Waals surface area (Å²) in [5.74, 6) is 0. The fourth-order valence-electron chi connectivity index (χ4n) is 1.76. The van der Waals surface area contributed by atoms with Gasteiger partial charge in [0.1, 0.15) is 12.7 Å². The lowest BCUT2D eigenvalue weighted by Crippen LogP contribution is -2.38. The van der Waals surface area contributed by atoms with Crippen LogP contribution in [0.1, 0.15) is 18.5 Å². The van der Waals surface area contributed by atoms with Gasteiger partial charge in [-0.05, 0) is 24.6 Å². The second-order valence-electron chi connectivity index (χ2n) is 4.28. The topological polar surface area (TPSA) is 92.1 Å². The van der Waals surface area contributed by atoms with Crippen LogP contribution in [0, 0.1) is 0 Å². The van der Waals surface area contributed by atoms with E-state index < -0.39 is 0 Å². The van der Waals surface area contributed by atoms with Crippen molar-refractivity contribution in [1.82, 2.24) is 25.4 Å². The quantitative estimate of drug-likeness (QED) is 0.746. The molecule has 2 aromatic rings. The molecule has 1 aromatic carbocycles. The Kier molecular flexibility index (Phi) is 4.67. The van der Waals surface area contributed by atoms with Crippen molar-refractivity contribution in [1.29, 1.82) is 0 Å². The summed E-state index contributed by atoms with van der Waals surface area (Å²) in [6.45, 7) is 2.06. The predicted molar refractivity (Wildman–Crippen MR) is 73.4 cm³/mol. The lowest BCUT2D eigenvalue weighted by Gasteiger charge is -2.15. The molecule has 0 spiro atoms. The number of nitrogens with zero attached hydrogens (tertiary/aromatic N) is 3. The van der Waals surface area contributed by atoms with Crippen LogP contribution in [0.15, 0.2) is 36.9 Å². The monoisotopic (exact) mass is 275 g/mol. The predicted octanol–water partition coefficient (Wildman–Crippen LogP) is 0.620. The zero-order valence-electron chi connectivity index (χ0n) is 11.2. The number of aliphatic hydroxyl groups excluding tert-OH is 1. The van der Waals surface area contributed by atoms with Gasteiger partial charge in [0.2, 0.25) is 0 Å². The minimum atomic E-state index is -0.299. The van der Waals surface area contributed by atoms with Crippen molar-refractivity contribution in [3.8, 4) is 5.69 Å². The van der Waals surface area contributed by atoms with E-state index in [2.05, 4.69) is 20.7 Å². The van der Waals surface area contributed by atoms with Crippen LogP contribution in [0.2, 0.25) is 0 Å². The molecule has 1 unspecified atom stereocenters. The summed E-state index contributed by atoms with van der Waals surface area (Å²) in [6, 6.07) is 7.24. The molecule has 7 nitrogen and oxygen atoms in total. The highest BCUT2D eigenvalue weighted by Crippen LogP contribution is 2.14. The van der Waals surface area contributed by atoms with Gasteiger partial charge in [0.05, 0.1) is 18.3 Å². The first-order valence-corrected chi connectivity index (χ1v) is 6.31. The third-order valence-corrected chi connectivity index (χ3v) is 2.82. The lowest BCUT2D eigenvalue weighted by molar-refractivity contribution is 0.231. The van der Waals surface area contributed by atoms with Gasteiger partial charge in [-0.15, -0.1) is 0 Å². The highest BCUT2D eigenvalue weighted by atomic mass is 16.3. The summed E-state index contributed by atoms with van der Waals surface area (Å²) >= 11 is 0. The van der Waals surface area contributed by atoms with Gasteiger partial charge >= 0.3 is 6.03 Å². The van der Waals surface area contributed by atoms with Crippen molar-refractivity contribution in [2.45, 2.75) is 13.0 Å². The SMILES string of the molecule is CC(NC(=O)NCCO)c1ccc(-n2cncn2)cc1. The van der Waals surface area contributed by atoms with E-state index in [1.165, 1.54) is 6.33 Å². The molecular weight excluding hydrogens is 258 g/mol. The third-order valence-electron chi connectivity index (χ3n) is 2.82. The number of carbonyl (C=O) groups excluding carboxylic acids is 1. The molecule has 0 fully saturated rings. The van der Waals surface area contributed by atoms with Gasteiger partial charge in [0, 0.05) is 6.54 Å². The van der Waals surface area contributed by atoms with Gasteiger partial charge in [-0.2, -0.15) is 5.10 Å². The molecule has 0 saturated carbocycles. The van der Waals surface area contributed by atoms with E-state index in [4.69, 9.17) is 5.11 Å². The Morgan fingerprint density at radius 3 is 2.75 bits per heavy atom. The molecule has 7 heteroatoms. The number of hydrogen-bond donors (Lipinski definition) is 3. The largest absolute Gasteiger partial charge is 0.395 e. The molecule has 106 valence electrons. The van der Waals surface area contributed by atoms with Gasteiger partial charge in [-0.3, -0.25) is 0 Å². The van der Waals surface area contributed by atoms with Crippen LogP contribution in [0.25, 0.3) is 5.69 Å². The summed E-state index contributed by atoms with van der Waals surface area (Å²) in [5.41, 5.74) is 1.89. The van der Waals surface area contributed by atoms with Crippen LogP contribution < -0.4 is 10.6 Å². The molecule has 0 radical (unpaired) electrons. The fourth-order valence-corrected chi connectivity index (χ4v) is 1.76. The smallest absolute Gasteiger partial charge is 0.315 e. The maximum atomic E-state index is 11.5. The number of urea groups is 1. The second kappa shape index (κ2) is 6.67. The number of aliphatic hydroxyl groups is 1. The molecule has 20 heavy (non-hydrogen) atoms. The van der Waals surface area contributed by atoms with E-state index in [0.717, 1.165) is 11.3 Å². The molecule has 2 rings (SSSR count). The number of nitrogens with one attached hydrogen (secondary N) is 2. The van der Waals surface area contributed by atoms with Crippen LogP contribution in [-0.2, 0) is 0 Å². The molecular formula is C13H17N5O2. The average Bonchev–Trinajstić information content (AvgIpc) is 2.99. The minimum absolute atomic E-state index is 0.0750. The number of amides is 2.